The van der Waals surface area contributed by atoms with Crippen molar-refractivity contribution in [3.8, 4) is 0 Å². The Hall–Kier alpha value is -0.610. The van der Waals surface area contributed by atoms with Gasteiger partial charge in [0.2, 0.25) is 5.91 Å². The average Bonchev–Trinajstić information content (AvgIpc) is 2.22. The Balaban J connectivity index is 3.37. The highest BCUT2D eigenvalue weighted by atomic mass is 16.5. The molecule has 0 aromatic heterocycles. The van der Waals surface area contributed by atoms with Gasteiger partial charge in [0.1, 0.15) is 0 Å². The molecule has 0 saturated heterocycles. The normalized spacial score (nSPS) is 12.5. The molecule has 0 unspecified atom stereocenters. The van der Waals surface area contributed by atoms with Crippen molar-refractivity contribution < 1.29 is 14.3 Å². The van der Waals surface area contributed by atoms with Gasteiger partial charge in [0.05, 0.1) is 26.4 Å². The molecule has 0 aliphatic carbocycles. The van der Waals surface area contributed by atoms with Crippen LogP contribution in [-0.4, -0.2) is 38.9 Å². The summed E-state index contributed by atoms with van der Waals surface area (Å²) in [7, 11) is 0. The van der Waals surface area contributed by atoms with E-state index in [4.69, 9.17) is 9.47 Å². The van der Waals surface area contributed by atoms with E-state index in [0.717, 1.165) is 6.61 Å². The first-order chi connectivity index (χ1) is 8.60. The highest BCUT2D eigenvalue weighted by molar-refractivity contribution is 5.75. The summed E-state index contributed by atoms with van der Waals surface area (Å²) >= 11 is 0. The Bertz CT molecular complexity index is 251. The maximum absolute atomic E-state index is 11.5. The number of carbonyl (C=O) groups excluding carboxylic acids is 1. The first kappa shape index (κ1) is 18.4. The van der Waals surface area contributed by atoms with Crippen molar-refractivity contribution in [3.05, 3.63) is 0 Å². The van der Waals surface area contributed by atoms with E-state index < -0.39 is 0 Å². The Morgan fingerprint density at radius 1 is 0.895 bits per heavy atom. The molecule has 0 rings (SSSR count). The molecule has 1 amide bonds. The number of amides is 1. The van der Waals surface area contributed by atoms with Crippen LogP contribution in [0.4, 0.5) is 0 Å². The van der Waals surface area contributed by atoms with Gasteiger partial charge in [-0.2, -0.15) is 0 Å². The second kappa shape index (κ2) is 8.54. The minimum absolute atomic E-state index is 0.0468. The summed E-state index contributed by atoms with van der Waals surface area (Å²) in [5.41, 5.74) is 0.310. The number of rotatable bonds is 8. The summed E-state index contributed by atoms with van der Waals surface area (Å²) in [6, 6.07) is 0. The molecule has 4 nitrogen and oxygen atoms in total. The van der Waals surface area contributed by atoms with Crippen LogP contribution in [0.15, 0.2) is 0 Å². The van der Waals surface area contributed by atoms with Crippen molar-refractivity contribution in [2.75, 3.05) is 33.0 Å². The van der Waals surface area contributed by atoms with Crippen LogP contribution in [0, 0.1) is 10.8 Å². The highest BCUT2D eigenvalue weighted by Crippen LogP contribution is 2.12. The van der Waals surface area contributed by atoms with Crippen LogP contribution in [-0.2, 0) is 14.3 Å². The standard InChI is InChI=1S/C15H31NO3/c1-14(2,3)11-16-13(17)7-8-18-9-10-19-12-15(4,5)6/h7-12H2,1-6H3,(H,16,17). The van der Waals surface area contributed by atoms with Crippen molar-refractivity contribution >= 4 is 5.91 Å². The molecular weight excluding hydrogens is 242 g/mol. The van der Waals surface area contributed by atoms with Gasteiger partial charge < -0.3 is 14.8 Å². The lowest BCUT2D eigenvalue weighted by atomic mass is 9.97. The van der Waals surface area contributed by atoms with Gasteiger partial charge >= 0.3 is 0 Å². The van der Waals surface area contributed by atoms with E-state index in [2.05, 4.69) is 46.9 Å². The molecule has 0 aliphatic heterocycles. The van der Waals surface area contributed by atoms with Crippen LogP contribution < -0.4 is 5.32 Å². The average molecular weight is 273 g/mol. The monoisotopic (exact) mass is 273 g/mol. The van der Waals surface area contributed by atoms with E-state index in [-0.39, 0.29) is 16.7 Å². The maximum Gasteiger partial charge on any atom is 0.222 e. The van der Waals surface area contributed by atoms with Crippen LogP contribution in [0.3, 0.4) is 0 Å². The topological polar surface area (TPSA) is 47.6 Å². The molecule has 0 aromatic rings. The largest absolute Gasteiger partial charge is 0.379 e. The number of hydrogen-bond acceptors (Lipinski definition) is 3. The molecule has 19 heavy (non-hydrogen) atoms. The van der Waals surface area contributed by atoms with Crippen molar-refractivity contribution in [3.63, 3.8) is 0 Å². The van der Waals surface area contributed by atoms with E-state index >= 15 is 0 Å². The number of carbonyl (C=O) groups is 1. The van der Waals surface area contributed by atoms with Gasteiger partial charge in [0, 0.05) is 13.0 Å². The molecule has 114 valence electrons. The quantitative estimate of drug-likeness (QED) is 0.692. The molecule has 0 atom stereocenters. The van der Waals surface area contributed by atoms with E-state index in [1.165, 1.54) is 0 Å². The molecule has 1 N–H and O–H groups in total. The lowest BCUT2D eigenvalue weighted by Crippen LogP contribution is -2.32. The van der Waals surface area contributed by atoms with Crippen molar-refractivity contribution in [2.45, 2.75) is 48.0 Å². The summed E-state index contributed by atoms with van der Waals surface area (Å²) in [6.45, 7) is 15.7. The van der Waals surface area contributed by atoms with Crippen LogP contribution in [0.25, 0.3) is 0 Å². The molecule has 0 bridgehead atoms. The molecule has 0 spiro atoms. The summed E-state index contributed by atoms with van der Waals surface area (Å²) < 4.78 is 10.8. The Labute approximate surface area is 118 Å². The Morgan fingerprint density at radius 3 is 2.00 bits per heavy atom. The summed E-state index contributed by atoms with van der Waals surface area (Å²) in [5.74, 6) is 0.0468. The smallest absolute Gasteiger partial charge is 0.222 e. The second-order valence-electron chi connectivity index (χ2n) is 7.31. The third-order valence-corrected chi connectivity index (χ3v) is 2.20. The predicted octanol–water partition coefficient (Wildman–Crippen LogP) is 2.62. The first-order valence-electron chi connectivity index (χ1n) is 7.02. The minimum atomic E-state index is 0.0468. The summed E-state index contributed by atoms with van der Waals surface area (Å²) in [5, 5.41) is 2.89. The fourth-order valence-electron chi connectivity index (χ4n) is 1.22. The van der Waals surface area contributed by atoms with Crippen LogP contribution in [0.5, 0.6) is 0 Å². The maximum atomic E-state index is 11.5. The molecule has 4 heteroatoms. The molecule has 0 heterocycles. The fourth-order valence-corrected chi connectivity index (χ4v) is 1.22. The molecule has 0 radical (unpaired) electrons. The molecule has 0 saturated carbocycles. The Kier molecular flexibility index (Phi) is 8.26. The zero-order valence-corrected chi connectivity index (χ0v) is 13.5. The van der Waals surface area contributed by atoms with E-state index in [0.29, 0.717) is 32.8 Å². The highest BCUT2D eigenvalue weighted by Gasteiger charge is 2.12. The lowest BCUT2D eigenvalue weighted by Gasteiger charge is -2.19. The van der Waals surface area contributed by atoms with Gasteiger partial charge in [-0.1, -0.05) is 41.5 Å². The van der Waals surface area contributed by atoms with Gasteiger partial charge in [0.25, 0.3) is 0 Å². The number of ether oxygens (including phenoxy) is 2. The van der Waals surface area contributed by atoms with E-state index in [1.807, 2.05) is 0 Å². The van der Waals surface area contributed by atoms with Gasteiger partial charge in [-0.25, -0.2) is 0 Å². The van der Waals surface area contributed by atoms with Crippen molar-refractivity contribution in [2.24, 2.45) is 10.8 Å². The number of hydrogen-bond donors (Lipinski definition) is 1. The number of nitrogens with one attached hydrogen (secondary N) is 1. The third kappa shape index (κ3) is 15.3. The van der Waals surface area contributed by atoms with E-state index in [9.17, 15) is 4.79 Å². The summed E-state index contributed by atoms with van der Waals surface area (Å²) in [4.78, 5) is 11.5. The van der Waals surface area contributed by atoms with Crippen molar-refractivity contribution in [1.29, 1.82) is 0 Å². The molecular formula is C15H31NO3. The zero-order valence-electron chi connectivity index (χ0n) is 13.5. The van der Waals surface area contributed by atoms with Crippen LogP contribution >= 0.6 is 0 Å². The third-order valence-electron chi connectivity index (χ3n) is 2.20. The summed E-state index contributed by atoms with van der Waals surface area (Å²) in [6.07, 6.45) is 0.412. The lowest BCUT2D eigenvalue weighted by molar-refractivity contribution is -0.122. The van der Waals surface area contributed by atoms with E-state index in [1.54, 1.807) is 0 Å². The van der Waals surface area contributed by atoms with Gasteiger partial charge in [0.15, 0.2) is 0 Å². The predicted molar refractivity (Wildman–Crippen MR) is 78.2 cm³/mol. The van der Waals surface area contributed by atoms with Gasteiger partial charge in [-0.05, 0) is 10.8 Å². The molecule has 0 aromatic carbocycles. The Morgan fingerprint density at radius 2 is 1.47 bits per heavy atom. The fraction of sp³-hybridized carbons (Fsp3) is 0.933. The first-order valence-corrected chi connectivity index (χ1v) is 7.02. The van der Waals surface area contributed by atoms with Crippen LogP contribution in [0.1, 0.15) is 48.0 Å². The molecule has 0 fully saturated rings. The van der Waals surface area contributed by atoms with Crippen LogP contribution in [0.2, 0.25) is 0 Å². The second-order valence-corrected chi connectivity index (χ2v) is 7.31. The van der Waals surface area contributed by atoms with Gasteiger partial charge in [-0.15, -0.1) is 0 Å². The molecule has 0 aliphatic rings. The SMILES string of the molecule is CC(C)(C)CNC(=O)CCOCCOCC(C)(C)C. The minimum Gasteiger partial charge on any atom is -0.379 e. The van der Waals surface area contributed by atoms with Crippen molar-refractivity contribution in [1.82, 2.24) is 5.32 Å². The zero-order chi connectivity index (χ0) is 14.9. The van der Waals surface area contributed by atoms with Gasteiger partial charge in [-0.3, -0.25) is 4.79 Å².